The standard InChI is InChI=1S/C15H16N6/c1-10-11(13(16)7-17-2)4-6-21(10)20-15-9-19-14-8-18-5-3-12(14)15/h3-9,19-20H,1,16H2,2H3/b13-11+,17-7?. The summed E-state index contributed by atoms with van der Waals surface area (Å²) in [5.74, 6) is 0. The molecule has 4 N–H and O–H groups in total. The van der Waals surface area contributed by atoms with Crippen LogP contribution < -0.4 is 21.7 Å². The number of nitrogens with zero attached hydrogens (tertiary/aromatic N) is 3. The lowest BCUT2D eigenvalue weighted by Crippen LogP contribution is -2.34. The Kier molecular flexibility index (Phi) is 3.19. The Bertz CT molecular complexity index is 915. The molecule has 0 amide bonds. The number of fused-ring (bicyclic) bond motifs is 1. The van der Waals surface area contributed by atoms with E-state index in [4.69, 9.17) is 5.73 Å². The average Bonchev–Trinajstić information content (AvgIpc) is 3.05. The minimum atomic E-state index is 0.589. The smallest absolute Gasteiger partial charge is 0.0800 e. The molecule has 3 rings (SSSR count). The highest BCUT2D eigenvalue weighted by molar-refractivity contribution is 6.00. The van der Waals surface area contributed by atoms with Crippen molar-refractivity contribution in [3.05, 3.63) is 47.5 Å². The van der Waals surface area contributed by atoms with Crippen LogP contribution >= 0.6 is 0 Å². The monoisotopic (exact) mass is 280 g/mol. The van der Waals surface area contributed by atoms with Gasteiger partial charge in [-0.2, -0.15) is 0 Å². The van der Waals surface area contributed by atoms with E-state index in [0.717, 1.165) is 27.2 Å². The SMILES string of the molecule is C=c1/c(=C(/N)C=NC)ccn1Nc1c[nH]c2cnccc12. The topological polar surface area (TPSA) is 84.0 Å². The lowest BCUT2D eigenvalue weighted by Gasteiger charge is -2.06. The van der Waals surface area contributed by atoms with E-state index in [2.05, 4.69) is 27.0 Å². The van der Waals surface area contributed by atoms with Gasteiger partial charge in [-0.1, -0.05) is 6.58 Å². The molecule has 0 aliphatic carbocycles. The molecule has 3 heterocycles. The highest BCUT2D eigenvalue weighted by Crippen LogP contribution is 2.21. The summed E-state index contributed by atoms with van der Waals surface area (Å²) in [6.07, 6.45) is 8.94. The van der Waals surface area contributed by atoms with Gasteiger partial charge in [0, 0.05) is 42.5 Å². The summed E-state index contributed by atoms with van der Waals surface area (Å²) in [6.45, 7) is 4.06. The van der Waals surface area contributed by atoms with Crippen LogP contribution in [0, 0.1) is 0 Å². The maximum absolute atomic E-state index is 5.96. The number of aromatic nitrogens is 3. The lowest BCUT2D eigenvalue weighted by molar-refractivity contribution is 0.935. The molecule has 3 aromatic rings. The molecule has 0 aliphatic rings. The second-order valence-electron chi connectivity index (χ2n) is 4.62. The minimum Gasteiger partial charge on any atom is -0.397 e. The molecule has 0 saturated heterocycles. The van der Waals surface area contributed by atoms with Crippen molar-refractivity contribution in [3.8, 4) is 0 Å². The van der Waals surface area contributed by atoms with Crippen LogP contribution in [0.3, 0.4) is 0 Å². The van der Waals surface area contributed by atoms with Gasteiger partial charge < -0.3 is 10.7 Å². The predicted octanol–water partition coefficient (Wildman–Crippen LogP) is 0.417. The van der Waals surface area contributed by atoms with Gasteiger partial charge in [-0.3, -0.25) is 20.1 Å². The van der Waals surface area contributed by atoms with Gasteiger partial charge >= 0.3 is 0 Å². The number of nitrogens with two attached hydrogens (primary N) is 1. The molecule has 0 radical (unpaired) electrons. The van der Waals surface area contributed by atoms with E-state index in [9.17, 15) is 0 Å². The van der Waals surface area contributed by atoms with E-state index in [1.807, 2.05) is 29.2 Å². The fraction of sp³-hybridized carbons (Fsp3) is 0.0667. The summed E-state index contributed by atoms with van der Waals surface area (Å²) in [6, 6.07) is 3.86. The molecule has 3 aromatic heterocycles. The number of H-pyrrole nitrogens is 1. The summed E-state index contributed by atoms with van der Waals surface area (Å²) in [7, 11) is 1.69. The van der Waals surface area contributed by atoms with E-state index in [0.29, 0.717) is 5.70 Å². The normalized spacial score (nSPS) is 13.0. The maximum atomic E-state index is 5.96. The number of pyridine rings is 1. The van der Waals surface area contributed by atoms with Gasteiger partial charge in [0.15, 0.2) is 0 Å². The van der Waals surface area contributed by atoms with E-state index >= 15 is 0 Å². The first-order chi connectivity index (χ1) is 10.2. The van der Waals surface area contributed by atoms with Crippen LogP contribution in [0.15, 0.2) is 41.9 Å². The third-order valence-corrected chi connectivity index (χ3v) is 3.30. The quantitative estimate of drug-likeness (QED) is 0.608. The Morgan fingerprint density at radius 1 is 1.52 bits per heavy atom. The Balaban J connectivity index is 2.04. The number of rotatable bonds is 3. The average molecular weight is 280 g/mol. The highest BCUT2D eigenvalue weighted by Gasteiger charge is 2.04. The molecule has 6 nitrogen and oxygen atoms in total. The van der Waals surface area contributed by atoms with Crippen molar-refractivity contribution < 1.29 is 0 Å². The fourth-order valence-electron chi connectivity index (χ4n) is 2.24. The van der Waals surface area contributed by atoms with Crippen molar-refractivity contribution in [3.63, 3.8) is 0 Å². The molecule has 0 aromatic carbocycles. The van der Waals surface area contributed by atoms with Gasteiger partial charge in [0.2, 0.25) is 0 Å². The van der Waals surface area contributed by atoms with Gasteiger partial charge in [-0.05, 0) is 12.1 Å². The second-order valence-corrected chi connectivity index (χ2v) is 4.62. The van der Waals surface area contributed by atoms with Gasteiger partial charge in [0.05, 0.1) is 28.4 Å². The number of aliphatic imine (C=N–C) groups is 1. The third kappa shape index (κ3) is 2.27. The van der Waals surface area contributed by atoms with Crippen LogP contribution in [-0.2, 0) is 0 Å². The Labute approximate surface area is 121 Å². The highest BCUT2D eigenvalue weighted by atomic mass is 15.4. The third-order valence-electron chi connectivity index (χ3n) is 3.30. The first kappa shape index (κ1) is 13.0. The van der Waals surface area contributed by atoms with Crippen molar-refractivity contribution in [2.75, 3.05) is 12.5 Å². The first-order valence-corrected chi connectivity index (χ1v) is 6.47. The molecule has 0 saturated carbocycles. The molecule has 0 fully saturated rings. The zero-order chi connectivity index (χ0) is 14.8. The molecule has 0 atom stereocenters. The largest absolute Gasteiger partial charge is 0.397 e. The van der Waals surface area contributed by atoms with Gasteiger partial charge in [-0.25, -0.2) is 0 Å². The molecule has 0 spiro atoms. The molecule has 6 heteroatoms. The summed E-state index contributed by atoms with van der Waals surface area (Å²) in [5.41, 5.74) is 11.8. The van der Waals surface area contributed by atoms with Crippen molar-refractivity contribution >= 4 is 35.1 Å². The van der Waals surface area contributed by atoms with Crippen molar-refractivity contribution in [1.29, 1.82) is 0 Å². The van der Waals surface area contributed by atoms with Crippen molar-refractivity contribution in [2.24, 2.45) is 10.7 Å². The molecule has 0 aliphatic heterocycles. The summed E-state index contributed by atoms with van der Waals surface area (Å²) in [5, 5.41) is 2.69. The lowest BCUT2D eigenvalue weighted by atomic mass is 10.3. The van der Waals surface area contributed by atoms with Gasteiger partial charge in [-0.15, -0.1) is 0 Å². The van der Waals surface area contributed by atoms with Crippen LogP contribution in [0.2, 0.25) is 0 Å². The summed E-state index contributed by atoms with van der Waals surface area (Å²) < 4.78 is 1.83. The van der Waals surface area contributed by atoms with Crippen molar-refractivity contribution in [1.82, 2.24) is 14.6 Å². The molecular formula is C15H16N6. The molecule has 0 unspecified atom stereocenters. The van der Waals surface area contributed by atoms with Gasteiger partial charge in [0.1, 0.15) is 0 Å². The van der Waals surface area contributed by atoms with Crippen molar-refractivity contribution in [2.45, 2.75) is 0 Å². The second kappa shape index (κ2) is 5.16. The first-order valence-electron chi connectivity index (χ1n) is 6.47. The van der Waals surface area contributed by atoms with Crippen LogP contribution in [-0.4, -0.2) is 27.9 Å². The van der Waals surface area contributed by atoms with Gasteiger partial charge in [0.25, 0.3) is 0 Å². The predicted molar refractivity (Wildman–Crippen MR) is 86.3 cm³/mol. The Morgan fingerprint density at radius 3 is 3.19 bits per heavy atom. The van der Waals surface area contributed by atoms with Crippen LogP contribution in [0.5, 0.6) is 0 Å². The maximum Gasteiger partial charge on any atom is 0.0800 e. The van der Waals surface area contributed by atoms with Crippen LogP contribution in [0.1, 0.15) is 0 Å². The molecule has 106 valence electrons. The number of anilines is 1. The number of aromatic amines is 1. The van der Waals surface area contributed by atoms with E-state index in [1.165, 1.54) is 0 Å². The summed E-state index contributed by atoms with van der Waals surface area (Å²) >= 11 is 0. The zero-order valence-corrected chi connectivity index (χ0v) is 11.7. The number of nitrogens with one attached hydrogen (secondary N) is 2. The molecular weight excluding hydrogens is 264 g/mol. The van der Waals surface area contributed by atoms with Crippen LogP contribution in [0.4, 0.5) is 5.69 Å². The summed E-state index contributed by atoms with van der Waals surface area (Å²) in [4.78, 5) is 11.2. The van der Waals surface area contributed by atoms with E-state index in [1.54, 1.807) is 25.7 Å². The Morgan fingerprint density at radius 2 is 2.38 bits per heavy atom. The van der Waals surface area contributed by atoms with E-state index in [-0.39, 0.29) is 0 Å². The zero-order valence-electron chi connectivity index (χ0n) is 11.7. The Hall–Kier alpha value is -3.02. The molecule has 21 heavy (non-hydrogen) atoms. The number of hydrogen-bond acceptors (Lipinski definition) is 4. The minimum absolute atomic E-state index is 0.589. The van der Waals surface area contributed by atoms with Crippen LogP contribution in [0.25, 0.3) is 23.2 Å². The number of hydrogen-bond donors (Lipinski definition) is 3. The molecule has 0 bridgehead atoms. The fourth-order valence-corrected chi connectivity index (χ4v) is 2.24. The van der Waals surface area contributed by atoms with E-state index < -0.39 is 0 Å².